The van der Waals surface area contributed by atoms with Crippen molar-refractivity contribution in [3.8, 4) is 0 Å². The van der Waals surface area contributed by atoms with E-state index < -0.39 is 92.4 Å². The minimum atomic E-state index is -2.30. The van der Waals surface area contributed by atoms with Gasteiger partial charge in [-0.3, -0.25) is 0 Å². The van der Waals surface area contributed by atoms with Crippen molar-refractivity contribution >= 4 is 17.9 Å². The predicted molar refractivity (Wildman–Crippen MR) is 281 cm³/mol. The second-order valence-corrected chi connectivity index (χ2v) is 18.4. The van der Waals surface area contributed by atoms with Crippen LogP contribution in [0.25, 0.3) is 0 Å². The quantitative estimate of drug-likeness (QED) is 0.0333. The average molecular weight is 1060 g/mol. The van der Waals surface area contributed by atoms with Gasteiger partial charge in [0.05, 0.1) is 49.7 Å². The van der Waals surface area contributed by atoms with E-state index in [0.29, 0.717) is 5.56 Å². The fourth-order valence-corrected chi connectivity index (χ4v) is 8.96. The van der Waals surface area contributed by atoms with Crippen molar-refractivity contribution in [2.24, 2.45) is 0 Å². The van der Waals surface area contributed by atoms with Gasteiger partial charge >= 0.3 is 24.4 Å². The lowest BCUT2D eigenvalue weighted by Gasteiger charge is -2.49. The molecule has 0 saturated carbocycles. The highest BCUT2D eigenvalue weighted by Gasteiger charge is 2.55. The third-order valence-corrected chi connectivity index (χ3v) is 12.9. The zero-order chi connectivity index (χ0) is 53.9. The Bertz CT molecular complexity index is 2890. The minimum Gasteiger partial charge on any atom is -0.459 e. The Kier molecular flexibility index (Phi) is 20.0. The molecule has 6 unspecified atom stereocenters. The third kappa shape index (κ3) is 15.4. The molecule has 0 spiro atoms. The van der Waals surface area contributed by atoms with Crippen molar-refractivity contribution in [3.63, 3.8) is 0 Å². The van der Waals surface area contributed by atoms with Gasteiger partial charge in [0.25, 0.3) is 0 Å². The van der Waals surface area contributed by atoms with Crippen LogP contribution in [0.5, 0.6) is 0 Å². The SMILES string of the molecule is O=C(OCC1O[C@H](O)C(OCc2ccccc2)C(O[C@@H](O)OC(=O)c2ccccc2)[C@H]1O[C@H]1OC(COCc2ccccc2)[C@H](OC(=O)c2ccccc2)C(OCc2ccccc2)C1OCc1ccccc1)c1ccccc1. The first-order chi connectivity index (χ1) is 38.3. The first kappa shape index (κ1) is 55.3. The van der Waals surface area contributed by atoms with E-state index in [-0.39, 0.29) is 49.7 Å². The van der Waals surface area contributed by atoms with Gasteiger partial charge in [-0.25, -0.2) is 14.4 Å². The summed E-state index contributed by atoms with van der Waals surface area (Å²) in [5.41, 5.74) is 3.72. The summed E-state index contributed by atoms with van der Waals surface area (Å²) in [5, 5.41) is 23.5. The Morgan fingerprint density at radius 2 is 0.833 bits per heavy atom. The Labute approximate surface area is 451 Å². The molecule has 0 bridgehead atoms. The van der Waals surface area contributed by atoms with Crippen LogP contribution in [0.3, 0.4) is 0 Å². The number of ether oxygens (including phenoxy) is 11. The molecule has 2 fully saturated rings. The molecule has 2 saturated heterocycles. The number of carbonyl (C=O) groups is 3. The van der Waals surface area contributed by atoms with Gasteiger partial charge in [-0.05, 0) is 58.7 Å². The fraction of sp³-hybridized carbons (Fsp3) is 0.274. The van der Waals surface area contributed by atoms with Crippen molar-refractivity contribution in [2.45, 2.75) is 94.3 Å². The molecule has 0 amide bonds. The van der Waals surface area contributed by atoms with Crippen LogP contribution >= 0.6 is 0 Å². The van der Waals surface area contributed by atoms with Crippen LogP contribution in [0.4, 0.5) is 0 Å². The van der Waals surface area contributed by atoms with Crippen molar-refractivity contribution in [2.75, 3.05) is 13.2 Å². The molecule has 16 heteroatoms. The Morgan fingerprint density at radius 1 is 0.423 bits per heavy atom. The summed E-state index contributed by atoms with van der Waals surface area (Å²) in [6.45, 7) is -2.99. The van der Waals surface area contributed by atoms with Crippen LogP contribution in [0.15, 0.2) is 212 Å². The summed E-state index contributed by atoms with van der Waals surface area (Å²) in [4.78, 5) is 41.3. The number of carbonyl (C=O) groups excluding carboxylic acids is 3. The summed E-state index contributed by atoms with van der Waals surface area (Å²) in [7, 11) is 0. The molecule has 2 N–H and O–H groups in total. The number of esters is 3. The monoisotopic (exact) mass is 1060 g/mol. The van der Waals surface area contributed by atoms with E-state index >= 15 is 0 Å². The third-order valence-electron chi connectivity index (χ3n) is 12.9. The molecule has 404 valence electrons. The fourth-order valence-electron chi connectivity index (χ4n) is 8.96. The van der Waals surface area contributed by atoms with Crippen LogP contribution in [-0.2, 0) is 78.5 Å². The summed E-state index contributed by atoms with van der Waals surface area (Å²) < 4.78 is 70.9. The predicted octanol–water partition coefficient (Wildman–Crippen LogP) is 8.39. The maximum absolute atomic E-state index is 14.3. The van der Waals surface area contributed by atoms with Gasteiger partial charge < -0.3 is 62.3 Å². The van der Waals surface area contributed by atoms with Gasteiger partial charge in [-0.1, -0.05) is 176 Å². The van der Waals surface area contributed by atoms with E-state index in [2.05, 4.69) is 0 Å². The summed E-state index contributed by atoms with van der Waals surface area (Å²) >= 11 is 0. The molecule has 78 heavy (non-hydrogen) atoms. The zero-order valence-electron chi connectivity index (χ0n) is 42.4. The second kappa shape index (κ2) is 28.3. The molecule has 0 aromatic heterocycles. The number of aliphatic hydroxyl groups excluding tert-OH is 2. The van der Waals surface area contributed by atoms with E-state index in [0.717, 1.165) is 16.7 Å². The van der Waals surface area contributed by atoms with E-state index in [4.69, 9.17) is 52.1 Å². The molecule has 11 atom stereocenters. The van der Waals surface area contributed by atoms with Crippen LogP contribution in [0, 0.1) is 0 Å². The lowest BCUT2D eigenvalue weighted by atomic mass is 9.95. The molecule has 9 rings (SSSR count). The van der Waals surface area contributed by atoms with Gasteiger partial charge in [0, 0.05) is 0 Å². The van der Waals surface area contributed by atoms with Crippen molar-refractivity contribution in [1.29, 1.82) is 0 Å². The number of hydrogen-bond donors (Lipinski definition) is 2. The van der Waals surface area contributed by atoms with Gasteiger partial charge in [0.15, 0.2) is 18.7 Å². The minimum absolute atomic E-state index is 0.0112. The van der Waals surface area contributed by atoms with E-state index in [1.54, 1.807) is 78.9 Å². The van der Waals surface area contributed by atoms with Crippen molar-refractivity contribution in [1.82, 2.24) is 0 Å². The Balaban J connectivity index is 1.13. The highest BCUT2D eigenvalue weighted by Crippen LogP contribution is 2.36. The summed E-state index contributed by atoms with van der Waals surface area (Å²) in [6, 6.07) is 62.0. The van der Waals surface area contributed by atoms with Crippen molar-refractivity contribution in [3.05, 3.63) is 251 Å². The normalized spacial score (nSPS) is 23.4. The molecular weight excluding hydrogens is 1000 g/mol. The maximum atomic E-state index is 14.3. The molecule has 2 aliphatic rings. The van der Waals surface area contributed by atoms with E-state index in [1.165, 1.54) is 12.1 Å². The Hall–Kier alpha value is -7.45. The average Bonchev–Trinajstić information content (AvgIpc) is 3.56. The lowest BCUT2D eigenvalue weighted by Crippen LogP contribution is -2.66. The molecule has 2 heterocycles. The molecule has 0 radical (unpaired) electrons. The molecule has 7 aromatic rings. The van der Waals surface area contributed by atoms with E-state index in [9.17, 15) is 24.6 Å². The van der Waals surface area contributed by atoms with Gasteiger partial charge in [-0.2, -0.15) is 0 Å². The summed E-state index contributed by atoms with van der Waals surface area (Å²) in [5.74, 6) is -2.33. The smallest absolute Gasteiger partial charge is 0.342 e. The second-order valence-electron chi connectivity index (χ2n) is 18.4. The topological polar surface area (TPSA) is 193 Å². The largest absolute Gasteiger partial charge is 0.459 e. The van der Waals surface area contributed by atoms with Crippen LogP contribution in [0.2, 0.25) is 0 Å². The van der Waals surface area contributed by atoms with Crippen molar-refractivity contribution < 1.29 is 76.7 Å². The van der Waals surface area contributed by atoms with Gasteiger partial charge in [0.2, 0.25) is 0 Å². The molecule has 16 nitrogen and oxygen atoms in total. The first-order valence-corrected chi connectivity index (χ1v) is 25.6. The van der Waals surface area contributed by atoms with Gasteiger partial charge in [-0.15, -0.1) is 0 Å². The maximum Gasteiger partial charge on any atom is 0.342 e. The highest BCUT2D eigenvalue weighted by molar-refractivity contribution is 5.90. The zero-order valence-corrected chi connectivity index (χ0v) is 42.4. The van der Waals surface area contributed by atoms with Gasteiger partial charge in [0.1, 0.15) is 49.3 Å². The number of benzene rings is 7. The van der Waals surface area contributed by atoms with E-state index in [1.807, 2.05) is 121 Å². The standard InChI is InChI=1S/C62H60O16/c63-57(46-30-16-5-17-31-46)72-41-50-52(54(77-62(67)78-59(65)48-34-20-7-21-35-48)55(60(66)73-50)70-38-44-26-12-3-13-27-44)76-61-56(71-39-45-28-14-4-15-29-45)53(69-37-43-24-10-2-11-25-43)51(75-58(64)47-32-18-6-19-33-47)49(74-61)40-68-36-42-22-8-1-9-23-42/h1-35,49-56,60-62,66-67H,36-41H2/t49?,50?,51-,52-,53?,54?,55?,56?,60-,61+,62+/m0/s1. The Morgan fingerprint density at radius 3 is 1.33 bits per heavy atom. The first-order valence-electron chi connectivity index (χ1n) is 25.6. The number of hydrogen-bond acceptors (Lipinski definition) is 16. The number of aliphatic hydroxyl groups is 2. The molecule has 0 aliphatic carbocycles. The lowest BCUT2D eigenvalue weighted by molar-refractivity contribution is -0.387. The molecular formula is C62H60O16. The molecule has 2 aliphatic heterocycles. The van der Waals surface area contributed by atoms with Crippen LogP contribution in [0.1, 0.15) is 53.3 Å². The van der Waals surface area contributed by atoms with Crippen LogP contribution < -0.4 is 0 Å². The van der Waals surface area contributed by atoms with Crippen LogP contribution in [-0.4, -0.2) is 109 Å². The number of rotatable bonds is 24. The summed E-state index contributed by atoms with van der Waals surface area (Å²) in [6.07, 6.45) is -14.3. The molecule has 7 aromatic carbocycles. The highest BCUT2D eigenvalue weighted by atomic mass is 16.8.